The Morgan fingerprint density at radius 3 is 2.50 bits per heavy atom. The number of allylic oxidation sites excluding steroid dienone is 1. The molecule has 1 aliphatic heterocycles. The van der Waals surface area contributed by atoms with Crippen LogP contribution in [0, 0.1) is 11.3 Å². The molecule has 0 saturated carbocycles. The first-order valence-electron chi connectivity index (χ1n) is 8.02. The number of hydrogen-bond acceptors (Lipinski definition) is 3. The van der Waals surface area contributed by atoms with Gasteiger partial charge in [-0.2, -0.15) is 0 Å². The summed E-state index contributed by atoms with van der Waals surface area (Å²) >= 11 is 0. The van der Waals surface area contributed by atoms with Gasteiger partial charge in [0.05, 0.1) is 5.60 Å². The highest BCUT2D eigenvalue weighted by molar-refractivity contribution is 5.02. The van der Waals surface area contributed by atoms with Gasteiger partial charge in [0, 0.05) is 26.3 Å². The van der Waals surface area contributed by atoms with E-state index >= 15 is 0 Å². The molecule has 0 aromatic carbocycles. The lowest BCUT2D eigenvalue weighted by Crippen LogP contribution is -2.35. The Morgan fingerprint density at radius 2 is 1.95 bits per heavy atom. The second-order valence-electron chi connectivity index (χ2n) is 7.25. The minimum Gasteiger partial charge on any atom is -0.389 e. The van der Waals surface area contributed by atoms with E-state index in [1.54, 1.807) is 0 Å². The molecule has 3 nitrogen and oxygen atoms in total. The van der Waals surface area contributed by atoms with Gasteiger partial charge >= 0.3 is 0 Å². The summed E-state index contributed by atoms with van der Waals surface area (Å²) in [6.45, 7) is 11.5. The molecule has 1 fully saturated rings. The predicted octanol–water partition coefficient (Wildman–Crippen LogP) is 3.14. The Kier molecular flexibility index (Phi) is 7.21. The van der Waals surface area contributed by atoms with Crippen molar-refractivity contribution in [2.75, 3.05) is 26.3 Å². The standard InChI is InChI=1S/C17H33NO2/c1-15(2)6-8-17(9-12-20-13-10-17)7-5-11-18-14-16(3,4)19/h5,7,15,18-19H,6,8-14H2,1-4H3/b7-5+. The van der Waals surface area contributed by atoms with E-state index in [1.807, 2.05) is 13.8 Å². The molecule has 1 heterocycles. The second kappa shape index (κ2) is 8.16. The quantitative estimate of drug-likeness (QED) is 0.531. The van der Waals surface area contributed by atoms with Crippen molar-refractivity contribution in [3.8, 4) is 0 Å². The van der Waals surface area contributed by atoms with Crippen LogP contribution in [0.15, 0.2) is 12.2 Å². The molecule has 20 heavy (non-hydrogen) atoms. The third kappa shape index (κ3) is 7.41. The summed E-state index contributed by atoms with van der Waals surface area (Å²) in [7, 11) is 0. The van der Waals surface area contributed by atoms with Crippen LogP contribution in [-0.4, -0.2) is 37.0 Å². The molecule has 0 unspecified atom stereocenters. The third-order valence-corrected chi connectivity index (χ3v) is 4.00. The summed E-state index contributed by atoms with van der Waals surface area (Å²) in [5.41, 5.74) is -0.305. The molecule has 1 aliphatic rings. The molecular formula is C17H33NO2. The van der Waals surface area contributed by atoms with Crippen LogP contribution in [0.25, 0.3) is 0 Å². The van der Waals surface area contributed by atoms with Crippen LogP contribution in [0.1, 0.15) is 53.4 Å². The molecule has 0 radical (unpaired) electrons. The zero-order chi connectivity index (χ0) is 15.1. The molecule has 0 aliphatic carbocycles. The predicted molar refractivity (Wildman–Crippen MR) is 84.9 cm³/mol. The van der Waals surface area contributed by atoms with Gasteiger partial charge < -0.3 is 15.2 Å². The van der Waals surface area contributed by atoms with Gasteiger partial charge in [-0.3, -0.25) is 0 Å². The van der Waals surface area contributed by atoms with Crippen LogP contribution in [0.5, 0.6) is 0 Å². The molecule has 0 aromatic rings. The van der Waals surface area contributed by atoms with Crippen molar-refractivity contribution in [3.63, 3.8) is 0 Å². The fourth-order valence-electron chi connectivity index (χ4n) is 2.62. The van der Waals surface area contributed by atoms with Crippen LogP contribution < -0.4 is 5.32 Å². The van der Waals surface area contributed by atoms with Gasteiger partial charge in [0.15, 0.2) is 0 Å². The Labute approximate surface area is 124 Å². The topological polar surface area (TPSA) is 41.5 Å². The Morgan fingerprint density at radius 1 is 1.30 bits per heavy atom. The zero-order valence-corrected chi connectivity index (χ0v) is 13.7. The summed E-state index contributed by atoms with van der Waals surface area (Å²) in [5, 5.41) is 12.9. The second-order valence-corrected chi connectivity index (χ2v) is 7.25. The van der Waals surface area contributed by atoms with Crippen molar-refractivity contribution >= 4 is 0 Å². The SMILES string of the molecule is CC(C)CCC1(/C=C/CNCC(C)(C)O)CCOCC1. The summed E-state index contributed by atoms with van der Waals surface area (Å²) in [5.74, 6) is 0.761. The van der Waals surface area contributed by atoms with E-state index in [-0.39, 0.29) is 0 Å². The van der Waals surface area contributed by atoms with Crippen molar-refractivity contribution < 1.29 is 9.84 Å². The maximum atomic E-state index is 9.66. The third-order valence-electron chi connectivity index (χ3n) is 4.00. The molecule has 2 N–H and O–H groups in total. The lowest BCUT2D eigenvalue weighted by molar-refractivity contribution is 0.0313. The van der Waals surface area contributed by atoms with Gasteiger partial charge in [0.25, 0.3) is 0 Å². The van der Waals surface area contributed by atoms with E-state index in [0.29, 0.717) is 12.0 Å². The van der Waals surface area contributed by atoms with Crippen molar-refractivity contribution in [1.82, 2.24) is 5.32 Å². The Bertz CT molecular complexity index is 286. The monoisotopic (exact) mass is 283 g/mol. The van der Waals surface area contributed by atoms with Gasteiger partial charge in [0.1, 0.15) is 0 Å². The van der Waals surface area contributed by atoms with Crippen molar-refractivity contribution in [1.29, 1.82) is 0 Å². The minimum absolute atomic E-state index is 0.332. The molecule has 0 atom stereocenters. The van der Waals surface area contributed by atoms with Crippen LogP contribution in [0.2, 0.25) is 0 Å². The lowest BCUT2D eigenvalue weighted by atomic mass is 9.75. The fraction of sp³-hybridized carbons (Fsp3) is 0.882. The maximum absolute atomic E-state index is 9.66. The summed E-state index contributed by atoms with van der Waals surface area (Å²) in [6, 6.07) is 0. The van der Waals surface area contributed by atoms with Crippen LogP contribution in [-0.2, 0) is 4.74 Å². The van der Waals surface area contributed by atoms with Gasteiger partial charge in [-0.15, -0.1) is 0 Å². The van der Waals surface area contributed by atoms with Crippen LogP contribution >= 0.6 is 0 Å². The van der Waals surface area contributed by atoms with Crippen molar-refractivity contribution in [2.24, 2.45) is 11.3 Å². The first kappa shape index (κ1) is 17.7. The summed E-state index contributed by atoms with van der Waals surface area (Å²) < 4.78 is 5.52. The van der Waals surface area contributed by atoms with Gasteiger partial charge in [-0.25, -0.2) is 0 Å². The summed E-state index contributed by atoms with van der Waals surface area (Å²) in [6.07, 6.45) is 9.45. The first-order chi connectivity index (χ1) is 9.33. The van der Waals surface area contributed by atoms with E-state index in [9.17, 15) is 5.11 Å². The smallest absolute Gasteiger partial charge is 0.0715 e. The number of nitrogens with one attached hydrogen (secondary N) is 1. The molecule has 0 spiro atoms. The van der Waals surface area contributed by atoms with Gasteiger partial charge in [-0.1, -0.05) is 32.4 Å². The fourth-order valence-corrected chi connectivity index (χ4v) is 2.62. The highest BCUT2D eigenvalue weighted by atomic mass is 16.5. The van der Waals surface area contributed by atoms with Gasteiger partial charge in [0.2, 0.25) is 0 Å². The normalized spacial score (nSPS) is 19.9. The molecule has 0 bridgehead atoms. The molecule has 3 heteroatoms. The zero-order valence-electron chi connectivity index (χ0n) is 13.7. The van der Waals surface area contributed by atoms with E-state index in [0.717, 1.165) is 38.5 Å². The molecule has 0 aromatic heterocycles. The van der Waals surface area contributed by atoms with Crippen molar-refractivity contribution in [2.45, 2.75) is 59.0 Å². The minimum atomic E-state index is -0.637. The average molecular weight is 283 g/mol. The first-order valence-corrected chi connectivity index (χ1v) is 8.02. The number of hydrogen-bond donors (Lipinski definition) is 2. The van der Waals surface area contributed by atoms with Crippen LogP contribution in [0.4, 0.5) is 0 Å². The highest BCUT2D eigenvalue weighted by Gasteiger charge is 2.29. The molecule has 1 rings (SSSR count). The number of ether oxygens (including phenoxy) is 1. The highest BCUT2D eigenvalue weighted by Crippen LogP contribution is 2.37. The lowest BCUT2D eigenvalue weighted by Gasteiger charge is -2.35. The molecule has 1 saturated heterocycles. The number of aliphatic hydroxyl groups is 1. The Balaban J connectivity index is 2.43. The average Bonchev–Trinajstić information content (AvgIpc) is 2.36. The molecule has 118 valence electrons. The Hall–Kier alpha value is -0.380. The van der Waals surface area contributed by atoms with Crippen molar-refractivity contribution in [3.05, 3.63) is 12.2 Å². The van der Waals surface area contributed by atoms with Crippen LogP contribution in [0.3, 0.4) is 0 Å². The van der Waals surface area contributed by atoms with E-state index in [2.05, 4.69) is 31.3 Å². The molecular weight excluding hydrogens is 250 g/mol. The summed E-state index contributed by atoms with van der Waals surface area (Å²) in [4.78, 5) is 0. The van der Waals surface area contributed by atoms with E-state index < -0.39 is 5.60 Å². The number of rotatable bonds is 8. The van der Waals surface area contributed by atoms with Gasteiger partial charge in [-0.05, 0) is 44.4 Å². The molecule has 0 amide bonds. The maximum Gasteiger partial charge on any atom is 0.0715 e. The largest absolute Gasteiger partial charge is 0.389 e. The van der Waals surface area contributed by atoms with E-state index in [4.69, 9.17) is 4.74 Å². The van der Waals surface area contributed by atoms with E-state index in [1.165, 1.54) is 12.8 Å².